The van der Waals surface area contributed by atoms with Gasteiger partial charge in [0.15, 0.2) is 0 Å². The van der Waals surface area contributed by atoms with Crippen LogP contribution in [0.4, 0.5) is 16.3 Å². The van der Waals surface area contributed by atoms with E-state index in [-0.39, 0.29) is 11.5 Å². The number of nitrogens with zero attached hydrogens (tertiary/aromatic N) is 4. The van der Waals surface area contributed by atoms with E-state index in [9.17, 15) is 19.8 Å². The van der Waals surface area contributed by atoms with Gasteiger partial charge >= 0.3 is 6.09 Å². The minimum atomic E-state index is -0.965. The number of hydrogen-bond acceptors (Lipinski definition) is 5. The van der Waals surface area contributed by atoms with Crippen molar-refractivity contribution in [3.63, 3.8) is 0 Å². The molecule has 2 N–H and O–H groups in total. The molecule has 1 spiro atoms. The number of carbonyl (C=O) groups excluding carboxylic acids is 1. The van der Waals surface area contributed by atoms with E-state index in [1.807, 2.05) is 19.1 Å². The van der Waals surface area contributed by atoms with Gasteiger partial charge in [-0.25, -0.2) is 9.78 Å². The fourth-order valence-electron chi connectivity index (χ4n) is 5.48. The summed E-state index contributed by atoms with van der Waals surface area (Å²) in [6.07, 6.45) is 7.23. The molecule has 3 fully saturated rings. The monoisotopic (exact) mass is 430 g/mol. The lowest BCUT2D eigenvalue weighted by Crippen LogP contribution is -2.47. The second kappa shape index (κ2) is 9.02. The van der Waals surface area contributed by atoms with Gasteiger partial charge in [0, 0.05) is 32.2 Å². The van der Waals surface area contributed by atoms with Crippen LogP contribution in [0.1, 0.15) is 58.3 Å². The van der Waals surface area contributed by atoms with Crippen LogP contribution in [-0.4, -0.2) is 70.4 Å². The van der Waals surface area contributed by atoms with Crippen molar-refractivity contribution in [1.82, 2.24) is 9.88 Å². The van der Waals surface area contributed by atoms with Gasteiger partial charge in [-0.3, -0.25) is 9.69 Å². The van der Waals surface area contributed by atoms with E-state index in [0.29, 0.717) is 24.2 Å². The number of aliphatic hydroxyl groups is 1. The van der Waals surface area contributed by atoms with E-state index in [2.05, 4.69) is 14.8 Å². The third-order valence-corrected chi connectivity index (χ3v) is 7.42. The van der Waals surface area contributed by atoms with Crippen LogP contribution in [0.3, 0.4) is 0 Å². The van der Waals surface area contributed by atoms with E-state index in [1.165, 1.54) is 4.90 Å². The summed E-state index contributed by atoms with van der Waals surface area (Å²) < 4.78 is 0. The van der Waals surface area contributed by atoms with Crippen LogP contribution in [0, 0.1) is 5.41 Å². The molecule has 8 nitrogen and oxygen atoms in total. The number of pyridine rings is 1. The maximum Gasteiger partial charge on any atom is 0.411 e. The van der Waals surface area contributed by atoms with Gasteiger partial charge < -0.3 is 20.0 Å². The molecule has 0 radical (unpaired) electrons. The predicted molar refractivity (Wildman–Crippen MR) is 118 cm³/mol. The standard InChI is InChI=1S/C23H34N4O4/c1-2-12-27(22(30)31)18-5-8-20(24-16-18)25-13-9-23(10-14-25)11-15-26(21(23)29)17-3-6-19(28)7-4-17/h5,8,16-17,19,28H,2-4,6-7,9-15H2,1H3,(H,30,31)/t17-,19+. The molecule has 4 rings (SSSR count). The largest absolute Gasteiger partial charge is 0.465 e. The zero-order valence-electron chi connectivity index (χ0n) is 18.4. The Bertz CT molecular complexity index is 783. The summed E-state index contributed by atoms with van der Waals surface area (Å²) in [6, 6.07) is 3.99. The molecule has 3 heterocycles. The third-order valence-electron chi connectivity index (χ3n) is 7.42. The number of carboxylic acid groups (broad SMARTS) is 1. The van der Waals surface area contributed by atoms with Crippen molar-refractivity contribution in [2.45, 2.75) is 70.4 Å². The molecular weight excluding hydrogens is 396 g/mol. The Balaban J connectivity index is 1.36. The summed E-state index contributed by atoms with van der Waals surface area (Å²) in [4.78, 5) is 34.9. The lowest BCUT2D eigenvalue weighted by atomic mass is 9.77. The molecule has 8 heteroatoms. The molecule has 0 unspecified atom stereocenters. The minimum absolute atomic E-state index is 0.199. The van der Waals surface area contributed by atoms with Crippen molar-refractivity contribution < 1.29 is 19.8 Å². The Morgan fingerprint density at radius 3 is 2.42 bits per heavy atom. The summed E-state index contributed by atoms with van der Waals surface area (Å²) in [6.45, 7) is 4.81. The molecule has 1 aromatic rings. The number of piperidine rings is 1. The molecular formula is C23H34N4O4. The average Bonchev–Trinajstić information content (AvgIpc) is 3.09. The van der Waals surface area contributed by atoms with Crippen LogP contribution in [-0.2, 0) is 4.79 Å². The summed E-state index contributed by atoms with van der Waals surface area (Å²) in [5, 5.41) is 19.2. The molecule has 0 bridgehead atoms. The first-order valence-electron chi connectivity index (χ1n) is 11.6. The van der Waals surface area contributed by atoms with Crippen LogP contribution < -0.4 is 9.80 Å². The Morgan fingerprint density at radius 1 is 1.16 bits per heavy atom. The lowest BCUT2D eigenvalue weighted by Gasteiger charge is -2.40. The van der Waals surface area contributed by atoms with Gasteiger partial charge in [0.25, 0.3) is 0 Å². The van der Waals surface area contributed by atoms with Gasteiger partial charge in [0.05, 0.1) is 23.4 Å². The molecule has 1 saturated carbocycles. The van der Waals surface area contributed by atoms with Gasteiger partial charge in [-0.1, -0.05) is 6.92 Å². The van der Waals surface area contributed by atoms with Gasteiger partial charge in [-0.15, -0.1) is 0 Å². The average molecular weight is 431 g/mol. The molecule has 31 heavy (non-hydrogen) atoms. The summed E-state index contributed by atoms with van der Waals surface area (Å²) in [7, 11) is 0. The Hall–Kier alpha value is -2.35. The van der Waals surface area contributed by atoms with E-state index in [0.717, 1.165) is 76.8 Å². The van der Waals surface area contributed by atoms with Crippen molar-refractivity contribution in [3.05, 3.63) is 18.3 Å². The minimum Gasteiger partial charge on any atom is -0.465 e. The predicted octanol–water partition coefficient (Wildman–Crippen LogP) is 3.10. The van der Waals surface area contributed by atoms with Gasteiger partial charge in [0.1, 0.15) is 5.82 Å². The molecule has 0 atom stereocenters. The summed E-state index contributed by atoms with van der Waals surface area (Å²) in [5.74, 6) is 1.15. The van der Waals surface area contributed by atoms with E-state index >= 15 is 0 Å². The first-order valence-corrected chi connectivity index (χ1v) is 11.6. The smallest absolute Gasteiger partial charge is 0.411 e. The number of likely N-dealkylation sites (tertiary alicyclic amines) is 1. The Morgan fingerprint density at radius 2 is 1.84 bits per heavy atom. The second-order valence-electron chi connectivity index (χ2n) is 9.29. The highest BCUT2D eigenvalue weighted by Gasteiger charge is 2.50. The topological polar surface area (TPSA) is 97.2 Å². The number of aliphatic hydroxyl groups excluding tert-OH is 1. The van der Waals surface area contributed by atoms with Crippen LogP contribution in [0.5, 0.6) is 0 Å². The number of amides is 2. The first-order chi connectivity index (χ1) is 14.9. The highest BCUT2D eigenvalue weighted by Crippen LogP contribution is 2.44. The molecule has 2 aliphatic heterocycles. The third kappa shape index (κ3) is 4.35. The molecule has 2 amide bonds. The quantitative estimate of drug-likeness (QED) is 0.745. The zero-order valence-corrected chi connectivity index (χ0v) is 18.4. The van der Waals surface area contributed by atoms with Crippen molar-refractivity contribution in [2.24, 2.45) is 5.41 Å². The Labute approximate surface area is 183 Å². The molecule has 1 aliphatic carbocycles. The molecule has 170 valence electrons. The fraction of sp³-hybridized carbons (Fsp3) is 0.696. The van der Waals surface area contributed by atoms with Crippen LogP contribution in [0.15, 0.2) is 18.3 Å². The van der Waals surface area contributed by atoms with Crippen LogP contribution in [0.2, 0.25) is 0 Å². The number of rotatable bonds is 5. The van der Waals surface area contributed by atoms with Crippen molar-refractivity contribution in [2.75, 3.05) is 36.0 Å². The maximum absolute atomic E-state index is 13.3. The Kier molecular flexibility index (Phi) is 6.36. The highest BCUT2D eigenvalue weighted by atomic mass is 16.4. The van der Waals surface area contributed by atoms with Crippen molar-refractivity contribution in [1.29, 1.82) is 0 Å². The van der Waals surface area contributed by atoms with Crippen LogP contribution in [0.25, 0.3) is 0 Å². The zero-order chi connectivity index (χ0) is 22.0. The van der Waals surface area contributed by atoms with Crippen molar-refractivity contribution in [3.8, 4) is 0 Å². The summed E-state index contributed by atoms with van der Waals surface area (Å²) >= 11 is 0. The van der Waals surface area contributed by atoms with Gasteiger partial charge in [-0.2, -0.15) is 0 Å². The van der Waals surface area contributed by atoms with E-state index < -0.39 is 6.09 Å². The number of anilines is 2. The molecule has 3 aliphatic rings. The summed E-state index contributed by atoms with van der Waals surface area (Å²) in [5.41, 5.74) is 0.346. The molecule has 2 saturated heterocycles. The lowest BCUT2D eigenvalue weighted by molar-refractivity contribution is -0.139. The van der Waals surface area contributed by atoms with E-state index in [1.54, 1.807) is 6.20 Å². The van der Waals surface area contributed by atoms with Crippen LogP contribution >= 0.6 is 0 Å². The second-order valence-corrected chi connectivity index (χ2v) is 9.29. The molecule has 0 aromatic carbocycles. The maximum atomic E-state index is 13.3. The number of hydrogen-bond donors (Lipinski definition) is 2. The van der Waals surface area contributed by atoms with E-state index in [4.69, 9.17) is 0 Å². The number of aromatic nitrogens is 1. The number of carbonyl (C=O) groups is 2. The normalized spacial score (nSPS) is 25.8. The highest BCUT2D eigenvalue weighted by molar-refractivity contribution is 5.86. The SMILES string of the molecule is CCCN(C(=O)O)c1ccc(N2CCC3(CC2)CCN([C@H]2CC[C@@H](O)CC2)C3=O)nc1. The van der Waals surface area contributed by atoms with Gasteiger partial charge in [0.2, 0.25) is 5.91 Å². The molecule has 1 aromatic heterocycles. The fourth-order valence-corrected chi connectivity index (χ4v) is 5.48. The van der Waals surface area contributed by atoms with Gasteiger partial charge in [-0.05, 0) is 63.5 Å². The first kappa shape index (κ1) is 21.9. The van der Waals surface area contributed by atoms with Crippen molar-refractivity contribution >= 4 is 23.5 Å².